The van der Waals surface area contributed by atoms with E-state index in [-0.39, 0.29) is 0 Å². The zero-order valence-corrected chi connectivity index (χ0v) is 8.46. The number of rotatable bonds is 1. The highest BCUT2D eigenvalue weighted by atomic mass is 16.5. The molecule has 2 rings (SSSR count). The SMILES string of the molecule is CC1CCC(C2(O)CCOC2)CC1. The predicted octanol–water partition coefficient (Wildman–Crippen LogP) is 1.96. The predicted molar refractivity (Wildman–Crippen MR) is 51.5 cm³/mol. The molecule has 1 heterocycles. The van der Waals surface area contributed by atoms with Gasteiger partial charge in [0.1, 0.15) is 0 Å². The number of hydrogen-bond donors (Lipinski definition) is 1. The molecule has 1 aliphatic heterocycles. The zero-order chi connectivity index (χ0) is 9.31. The molecular weight excluding hydrogens is 164 g/mol. The summed E-state index contributed by atoms with van der Waals surface area (Å²) in [6.07, 6.45) is 5.81. The molecule has 2 fully saturated rings. The highest BCUT2D eigenvalue weighted by molar-refractivity contribution is 4.91. The van der Waals surface area contributed by atoms with Crippen molar-refractivity contribution in [2.75, 3.05) is 13.2 Å². The van der Waals surface area contributed by atoms with Crippen LogP contribution in [0.2, 0.25) is 0 Å². The standard InChI is InChI=1S/C11H20O2/c1-9-2-4-10(5-3-9)11(12)6-7-13-8-11/h9-10,12H,2-8H2,1H3. The van der Waals surface area contributed by atoms with Gasteiger partial charge in [-0.2, -0.15) is 0 Å². The van der Waals surface area contributed by atoms with Gasteiger partial charge in [-0.25, -0.2) is 0 Å². The maximum atomic E-state index is 10.3. The highest BCUT2D eigenvalue weighted by Crippen LogP contribution is 2.39. The summed E-state index contributed by atoms with van der Waals surface area (Å²) in [6.45, 7) is 3.64. The van der Waals surface area contributed by atoms with Crippen molar-refractivity contribution < 1.29 is 9.84 Å². The third-order valence-corrected chi connectivity index (χ3v) is 3.81. The average molecular weight is 184 g/mol. The van der Waals surface area contributed by atoms with Crippen molar-refractivity contribution >= 4 is 0 Å². The van der Waals surface area contributed by atoms with Crippen molar-refractivity contribution in [2.45, 2.75) is 44.6 Å². The van der Waals surface area contributed by atoms with Gasteiger partial charge in [0.15, 0.2) is 0 Å². The first-order valence-electron chi connectivity index (χ1n) is 5.51. The van der Waals surface area contributed by atoms with Gasteiger partial charge in [0, 0.05) is 13.0 Å². The van der Waals surface area contributed by atoms with E-state index in [0.717, 1.165) is 18.9 Å². The Kier molecular flexibility index (Phi) is 2.61. The smallest absolute Gasteiger partial charge is 0.0929 e. The Morgan fingerprint density at radius 2 is 1.92 bits per heavy atom. The molecule has 0 radical (unpaired) electrons. The van der Waals surface area contributed by atoms with Crippen LogP contribution in [0.15, 0.2) is 0 Å². The molecule has 1 saturated heterocycles. The first-order valence-corrected chi connectivity index (χ1v) is 5.51. The second kappa shape index (κ2) is 3.58. The third kappa shape index (κ3) is 1.89. The van der Waals surface area contributed by atoms with Crippen LogP contribution in [0.4, 0.5) is 0 Å². The molecule has 0 amide bonds. The summed E-state index contributed by atoms with van der Waals surface area (Å²) in [7, 11) is 0. The van der Waals surface area contributed by atoms with Crippen LogP contribution in [0.25, 0.3) is 0 Å². The fourth-order valence-electron chi connectivity index (χ4n) is 2.69. The van der Waals surface area contributed by atoms with E-state index in [1.807, 2.05) is 0 Å². The van der Waals surface area contributed by atoms with Crippen LogP contribution in [0.3, 0.4) is 0 Å². The Bertz CT molecular complexity index is 165. The van der Waals surface area contributed by atoms with Gasteiger partial charge < -0.3 is 9.84 Å². The van der Waals surface area contributed by atoms with Crippen molar-refractivity contribution in [1.29, 1.82) is 0 Å². The average Bonchev–Trinajstić information content (AvgIpc) is 2.54. The summed E-state index contributed by atoms with van der Waals surface area (Å²) in [5, 5.41) is 10.3. The summed E-state index contributed by atoms with van der Waals surface area (Å²) >= 11 is 0. The van der Waals surface area contributed by atoms with Gasteiger partial charge in [-0.15, -0.1) is 0 Å². The minimum atomic E-state index is -0.472. The normalized spacial score (nSPS) is 46.6. The Morgan fingerprint density at radius 1 is 1.23 bits per heavy atom. The molecule has 1 aliphatic carbocycles. The lowest BCUT2D eigenvalue weighted by molar-refractivity contribution is -0.0416. The second-order valence-corrected chi connectivity index (χ2v) is 4.86. The summed E-state index contributed by atoms with van der Waals surface area (Å²) in [4.78, 5) is 0. The van der Waals surface area contributed by atoms with Gasteiger partial charge in [0.2, 0.25) is 0 Å². The first kappa shape index (κ1) is 9.47. The van der Waals surface area contributed by atoms with Crippen LogP contribution in [0.5, 0.6) is 0 Å². The van der Waals surface area contributed by atoms with E-state index in [1.54, 1.807) is 0 Å². The van der Waals surface area contributed by atoms with Gasteiger partial charge in [-0.3, -0.25) is 0 Å². The molecule has 13 heavy (non-hydrogen) atoms. The lowest BCUT2D eigenvalue weighted by atomic mass is 9.73. The fraction of sp³-hybridized carbons (Fsp3) is 1.00. The third-order valence-electron chi connectivity index (χ3n) is 3.81. The van der Waals surface area contributed by atoms with E-state index < -0.39 is 5.60 Å². The van der Waals surface area contributed by atoms with Crippen LogP contribution in [0.1, 0.15) is 39.0 Å². The van der Waals surface area contributed by atoms with Crippen LogP contribution >= 0.6 is 0 Å². The molecule has 2 nitrogen and oxygen atoms in total. The summed E-state index contributed by atoms with van der Waals surface area (Å²) in [5.41, 5.74) is -0.472. The molecule has 1 unspecified atom stereocenters. The van der Waals surface area contributed by atoms with Gasteiger partial charge >= 0.3 is 0 Å². The topological polar surface area (TPSA) is 29.5 Å². The molecular formula is C11H20O2. The highest BCUT2D eigenvalue weighted by Gasteiger charge is 2.41. The molecule has 0 bridgehead atoms. The van der Waals surface area contributed by atoms with Gasteiger partial charge in [0.05, 0.1) is 12.2 Å². The molecule has 0 spiro atoms. The molecule has 2 aliphatic rings. The van der Waals surface area contributed by atoms with Crippen molar-refractivity contribution in [1.82, 2.24) is 0 Å². The Labute approximate surface area is 80.3 Å². The summed E-state index contributed by atoms with van der Waals surface area (Å²) < 4.78 is 5.29. The Morgan fingerprint density at radius 3 is 2.46 bits per heavy atom. The minimum absolute atomic E-state index is 0.472. The molecule has 1 atom stereocenters. The Hall–Kier alpha value is -0.0800. The van der Waals surface area contributed by atoms with Crippen molar-refractivity contribution in [3.63, 3.8) is 0 Å². The number of aliphatic hydroxyl groups is 1. The van der Waals surface area contributed by atoms with Crippen LogP contribution in [0, 0.1) is 11.8 Å². The maximum Gasteiger partial charge on any atom is 0.0929 e. The van der Waals surface area contributed by atoms with E-state index >= 15 is 0 Å². The van der Waals surface area contributed by atoms with Gasteiger partial charge in [-0.1, -0.05) is 19.8 Å². The molecule has 0 aromatic rings. The van der Waals surface area contributed by atoms with E-state index in [9.17, 15) is 5.11 Å². The maximum absolute atomic E-state index is 10.3. The van der Waals surface area contributed by atoms with E-state index in [1.165, 1.54) is 25.7 Å². The summed E-state index contributed by atoms with van der Waals surface area (Å²) in [5.74, 6) is 1.37. The zero-order valence-electron chi connectivity index (χ0n) is 8.46. The molecule has 1 N–H and O–H groups in total. The van der Waals surface area contributed by atoms with Gasteiger partial charge in [-0.05, 0) is 24.7 Å². The quantitative estimate of drug-likeness (QED) is 0.675. The van der Waals surface area contributed by atoms with Crippen molar-refractivity contribution in [2.24, 2.45) is 11.8 Å². The monoisotopic (exact) mass is 184 g/mol. The fourth-order valence-corrected chi connectivity index (χ4v) is 2.69. The van der Waals surface area contributed by atoms with E-state index in [2.05, 4.69) is 6.92 Å². The molecule has 2 heteroatoms. The van der Waals surface area contributed by atoms with Gasteiger partial charge in [0.25, 0.3) is 0 Å². The van der Waals surface area contributed by atoms with Crippen molar-refractivity contribution in [3.05, 3.63) is 0 Å². The van der Waals surface area contributed by atoms with E-state index in [0.29, 0.717) is 12.5 Å². The Balaban J connectivity index is 1.93. The lowest BCUT2D eigenvalue weighted by Crippen LogP contribution is -2.40. The molecule has 0 aromatic carbocycles. The largest absolute Gasteiger partial charge is 0.387 e. The number of ether oxygens (including phenoxy) is 1. The minimum Gasteiger partial charge on any atom is -0.387 e. The molecule has 1 saturated carbocycles. The summed E-state index contributed by atoms with van der Waals surface area (Å²) in [6, 6.07) is 0. The van der Waals surface area contributed by atoms with Crippen molar-refractivity contribution in [3.8, 4) is 0 Å². The van der Waals surface area contributed by atoms with Crippen LogP contribution in [-0.4, -0.2) is 23.9 Å². The molecule has 0 aromatic heterocycles. The van der Waals surface area contributed by atoms with Crippen LogP contribution in [-0.2, 0) is 4.74 Å². The number of hydrogen-bond acceptors (Lipinski definition) is 2. The van der Waals surface area contributed by atoms with E-state index in [4.69, 9.17) is 4.74 Å². The van der Waals surface area contributed by atoms with Crippen LogP contribution < -0.4 is 0 Å². The lowest BCUT2D eigenvalue weighted by Gasteiger charge is -2.36. The first-order chi connectivity index (χ1) is 6.21. The molecule has 76 valence electrons. The second-order valence-electron chi connectivity index (χ2n) is 4.86.